The second-order valence-electron chi connectivity index (χ2n) is 5.89. The number of rotatable bonds is 15. The third-order valence-electron chi connectivity index (χ3n) is 3.79. The van der Waals surface area contributed by atoms with Crippen molar-refractivity contribution < 1.29 is 4.79 Å². The van der Waals surface area contributed by atoms with E-state index in [1.807, 2.05) is 0 Å². The van der Waals surface area contributed by atoms with E-state index in [0.717, 1.165) is 32.1 Å². The Hall–Kier alpha value is -0.590. The Morgan fingerprint density at radius 2 is 1.25 bits per heavy atom. The van der Waals surface area contributed by atoms with E-state index in [1.165, 1.54) is 57.8 Å². The number of carbonyl (C=O) groups excluding carboxylic acids is 1. The van der Waals surface area contributed by atoms with Gasteiger partial charge in [0.25, 0.3) is 0 Å². The van der Waals surface area contributed by atoms with Gasteiger partial charge in [0.15, 0.2) is 0 Å². The third kappa shape index (κ3) is 15.5. The van der Waals surface area contributed by atoms with Crippen LogP contribution in [0.15, 0.2) is 12.2 Å². The summed E-state index contributed by atoms with van der Waals surface area (Å²) in [5.41, 5.74) is 0. The van der Waals surface area contributed by atoms with E-state index in [9.17, 15) is 4.79 Å². The Bertz CT molecular complexity index is 230. The molecule has 0 heterocycles. The number of carbonyl (C=O) groups is 1. The molecule has 0 rings (SSSR count). The average molecular weight is 280 g/mol. The first-order valence-corrected chi connectivity index (χ1v) is 8.98. The number of unbranched alkanes of at least 4 members (excludes halogenated alkanes) is 9. The Morgan fingerprint density at radius 1 is 0.700 bits per heavy atom. The molecule has 0 N–H and O–H groups in total. The number of hydrogen-bond acceptors (Lipinski definition) is 1. The van der Waals surface area contributed by atoms with Gasteiger partial charge in [-0.3, -0.25) is 4.79 Å². The minimum Gasteiger partial charge on any atom is -0.300 e. The quantitative estimate of drug-likeness (QED) is 0.243. The van der Waals surface area contributed by atoms with Crippen LogP contribution in [0.2, 0.25) is 0 Å². The first-order chi connectivity index (χ1) is 9.81. The largest absolute Gasteiger partial charge is 0.300 e. The van der Waals surface area contributed by atoms with Crippen LogP contribution in [0.1, 0.15) is 104 Å². The molecule has 20 heavy (non-hydrogen) atoms. The topological polar surface area (TPSA) is 17.1 Å². The average Bonchev–Trinajstić information content (AvgIpc) is 2.45. The Morgan fingerprint density at radius 3 is 1.85 bits per heavy atom. The second-order valence-corrected chi connectivity index (χ2v) is 5.89. The highest BCUT2D eigenvalue weighted by Gasteiger charge is 2.01. The summed E-state index contributed by atoms with van der Waals surface area (Å²) < 4.78 is 0. The molecule has 1 heteroatoms. The molecule has 1 nitrogen and oxygen atoms in total. The number of Topliss-reactive ketones (excluding diaryl/α,β-unsaturated/α-hetero) is 1. The molecule has 0 amide bonds. The van der Waals surface area contributed by atoms with Crippen LogP contribution in [0, 0.1) is 0 Å². The van der Waals surface area contributed by atoms with Crippen molar-refractivity contribution in [1.29, 1.82) is 0 Å². The maximum Gasteiger partial charge on any atom is 0.132 e. The van der Waals surface area contributed by atoms with Crippen molar-refractivity contribution in [2.45, 2.75) is 104 Å². The van der Waals surface area contributed by atoms with E-state index < -0.39 is 0 Å². The fourth-order valence-corrected chi connectivity index (χ4v) is 2.45. The van der Waals surface area contributed by atoms with Crippen molar-refractivity contribution in [2.75, 3.05) is 0 Å². The van der Waals surface area contributed by atoms with E-state index in [1.54, 1.807) is 0 Å². The molecule has 0 aromatic carbocycles. The molecule has 0 fully saturated rings. The SMILES string of the molecule is CCC=CCCCCCCCCC(=O)CCCCCC. The summed E-state index contributed by atoms with van der Waals surface area (Å²) in [7, 11) is 0. The van der Waals surface area contributed by atoms with Gasteiger partial charge >= 0.3 is 0 Å². The van der Waals surface area contributed by atoms with Crippen LogP contribution in [0.4, 0.5) is 0 Å². The van der Waals surface area contributed by atoms with Crippen molar-refractivity contribution >= 4 is 5.78 Å². The molecule has 0 aromatic heterocycles. The van der Waals surface area contributed by atoms with Gasteiger partial charge < -0.3 is 0 Å². The Labute approximate surface area is 127 Å². The highest BCUT2D eigenvalue weighted by atomic mass is 16.1. The molecule has 0 aromatic rings. The fraction of sp³-hybridized carbons (Fsp3) is 0.842. The van der Waals surface area contributed by atoms with Gasteiger partial charge in [0, 0.05) is 12.8 Å². The van der Waals surface area contributed by atoms with Gasteiger partial charge in [-0.15, -0.1) is 0 Å². The standard InChI is InChI=1S/C19H36O/c1-3-5-7-9-10-11-12-13-14-16-18-19(20)17-15-8-6-4-2/h5,7H,3-4,6,8-18H2,1-2H3. The van der Waals surface area contributed by atoms with Crippen molar-refractivity contribution in [2.24, 2.45) is 0 Å². The van der Waals surface area contributed by atoms with Crippen LogP contribution >= 0.6 is 0 Å². The zero-order valence-corrected chi connectivity index (χ0v) is 14.0. The Balaban J connectivity index is 3.15. The van der Waals surface area contributed by atoms with Crippen LogP contribution in [0.3, 0.4) is 0 Å². The van der Waals surface area contributed by atoms with Gasteiger partial charge in [0.1, 0.15) is 5.78 Å². The van der Waals surface area contributed by atoms with Crippen LogP contribution in [-0.4, -0.2) is 5.78 Å². The summed E-state index contributed by atoms with van der Waals surface area (Å²) in [6, 6.07) is 0. The van der Waals surface area contributed by atoms with Crippen LogP contribution < -0.4 is 0 Å². The first kappa shape index (κ1) is 19.4. The predicted octanol–water partition coefficient (Wildman–Crippen LogP) is 6.61. The highest BCUT2D eigenvalue weighted by molar-refractivity contribution is 5.78. The van der Waals surface area contributed by atoms with Gasteiger partial charge in [-0.2, -0.15) is 0 Å². The fourth-order valence-electron chi connectivity index (χ4n) is 2.45. The summed E-state index contributed by atoms with van der Waals surface area (Å²) in [5.74, 6) is 0.491. The summed E-state index contributed by atoms with van der Waals surface area (Å²) in [6.45, 7) is 4.39. The molecule has 0 aliphatic carbocycles. The lowest BCUT2D eigenvalue weighted by Crippen LogP contribution is -1.97. The molecular formula is C19H36O. The van der Waals surface area contributed by atoms with Crippen molar-refractivity contribution in [1.82, 2.24) is 0 Å². The predicted molar refractivity (Wildman–Crippen MR) is 90.1 cm³/mol. The monoisotopic (exact) mass is 280 g/mol. The lowest BCUT2D eigenvalue weighted by atomic mass is 10.0. The number of ketones is 1. The molecule has 0 aliphatic rings. The van der Waals surface area contributed by atoms with Crippen molar-refractivity contribution in [3.05, 3.63) is 12.2 Å². The second kappa shape index (κ2) is 16.5. The van der Waals surface area contributed by atoms with Crippen LogP contribution in [-0.2, 0) is 4.79 Å². The molecule has 0 spiro atoms. The van der Waals surface area contributed by atoms with Gasteiger partial charge in [0.2, 0.25) is 0 Å². The summed E-state index contributed by atoms with van der Waals surface area (Å²) >= 11 is 0. The number of allylic oxidation sites excluding steroid dienone is 2. The molecule has 0 aliphatic heterocycles. The molecule has 118 valence electrons. The van der Waals surface area contributed by atoms with E-state index in [2.05, 4.69) is 26.0 Å². The summed E-state index contributed by atoms with van der Waals surface area (Å²) in [6.07, 6.45) is 21.1. The molecule has 0 atom stereocenters. The molecule has 0 saturated carbocycles. The molecular weight excluding hydrogens is 244 g/mol. The van der Waals surface area contributed by atoms with E-state index in [-0.39, 0.29) is 0 Å². The zero-order chi connectivity index (χ0) is 14.9. The van der Waals surface area contributed by atoms with Gasteiger partial charge in [-0.25, -0.2) is 0 Å². The number of hydrogen-bond donors (Lipinski definition) is 0. The maximum absolute atomic E-state index is 11.6. The van der Waals surface area contributed by atoms with Gasteiger partial charge in [0.05, 0.1) is 0 Å². The smallest absolute Gasteiger partial charge is 0.132 e. The van der Waals surface area contributed by atoms with Gasteiger partial charge in [-0.1, -0.05) is 70.9 Å². The van der Waals surface area contributed by atoms with Crippen LogP contribution in [0.25, 0.3) is 0 Å². The molecule has 0 bridgehead atoms. The summed E-state index contributed by atoms with van der Waals surface area (Å²) in [4.78, 5) is 11.6. The lowest BCUT2D eigenvalue weighted by molar-refractivity contribution is -0.119. The Kier molecular flexibility index (Phi) is 16.0. The molecule has 0 unspecified atom stereocenters. The zero-order valence-electron chi connectivity index (χ0n) is 14.0. The third-order valence-corrected chi connectivity index (χ3v) is 3.79. The van der Waals surface area contributed by atoms with Gasteiger partial charge in [-0.05, 0) is 32.1 Å². The maximum atomic E-state index is 11.6. The minimum absolute atomic E-state index is 0.491. The van der Waals surface area contributed by atoms with E-state index >= 15 is 0 Å². The minimum atomic E-state index is 0.491. The first-order valence-electron chi connectivity index (χ1n) is 8.98. The van der Waals surface area contributed by atoms with Crippen molar-refractivity contribution in [3.63, 3.8) is 0 Å². The normalized spacial score (nSPS) is 11.3. The van der Waals surface area contributed by atoms with E-state index in [4.69, 9.17) is 0 Å². The highest BCUT2D eigenvalue weighted by Crippen LogP contribution is 2.11. The lowest BCUT2D eigenvalue weighted by Gasteiger charge is -2.02. The molecule has 0 saturated heterocycles. The van der Waals surface area contributed by atoms with E-state index in [0.29, 0.717) is 5.78 Å². The van der Waals surface area contributed by atoms with Crippen molar-refractivity contribution in [3.8, 4) is 0 Å². The molecule has 0 radical (unpaired) electrons. The van der Waals surface area contributed by atoms with Crippen LogP contribution in [0.5, 0.6) is 0 Å². The summed E-state index contributed by atoms with van der Waals surface area (Å²) in [5, 5.41) is 0.